The Bertz CT molecular complexity index is 900. The van der Waals surface area contributed by atoms with E-state index in [0.29, 0.717) is 34.9 Å². The van der Waals surface area contributed by atoms with E-state index in [1.807, 2.05) is 32.0 Å². The Hall–Kier alpha value is -1.85. The van der Waals surface area contributed by atoms with E-state index < -0.39 is 23.5 Å². The maximum atomic E-state index is 13.4. The molecule has 0 fully saturated rings. The third-order valence-corrected chi connectivity index (χ3v) is 6.51. The van der Waals surface area contributed by atoms with Gasteiger partial charge in [0.25, 0.3) is 0 Å². The van der Waals surface area contributed by atoms with Crippen LogP contribution in [0.15, 0.2) is 61.2 Å². The lowest BCUT2D eigenvalue weighted by Gasteiger charge is -2.35. The molecule has 0 bridgehead atoms. The van der Waals surface area contributed by atoms with Crippen LogP contribution in [0, 0.1) is 5.41 Å². The Morgan fingerprint density at radius 1 is 1.12 bits per heavy atom. The van der Waals surface area contributed by atoms with Gasteiger partial charge in [0.1, 0.15) is 0 Å². The summed E-state index contributed by atoms with van der Waals surface area (Å²) in [7, 11) is 0. The van der Waals surface area contributed by atoms with Crippen molar-refractivity contribution in [2.24, 2.45) is 5.41 Å². The number of hydrogen-bond donors (Lipinski definition) is 3. The number of carbonyl (C=O) groups excluding carboxylic acids is 1. The molecule has 0 aliphatic rings. The molecule has 0 saturated carbocycles. The van der Waals surface area contributed by atoms with Crippen LogP contribution in [0.4, 0.5) is 0 Å². The zero-order chi connectivity index (χ0) is 23.9. The molecule has 0 saturated heterocycles. The van der Waals surface area contributed by atoms with E-state index in [-0.39, 0.29) is 11.9 Å². The van der Waals surface area contributed by atoms with Crippen molar-refractivity contribution >= 4 is 29.1 Å². The van der Waals surface area contributed by atoms with E-state index in [9.17, 15) is 15.0 Å². The van der Waals surface area contributed by atoms with Crippen LogP contribution in [-0.2, 0) is 4.79 Å². The van der Waals surface area contributed by atoms with Crippen molar-refractivity contribution in [3.05, 3.63) is 82.4 Å². The molecular weight excluding hydrogens is 445 g/mol. The van der Waals surface area contributed by atoms with Crippen molar-refractivity contribution in [1.82, 2.24) is 5.32 Å². The monoisotopic (exact) mass is 477 g/mol. The van der Waals surface area contributed by atoms with Crippen LogP contribution in [0.1, 0.15) is 63.2 Å². The van der Waals surface area contributed by atoms with Gasteiger partial charge < -0.3 is 15.5 Å². The standard InChI is InChI=1S/C26H33Cl2NO3/c1-5-14-26(4,25(32)29-23(6-2)17(3)30)16-22(19-8-7-9-21(28)15-19)24(31)18-10-12-20(27)13-11-18/h5,7-13,15,17,22-24,30-31H,1,6,14,16H2,2-4H3,(H,29,32)/t17-,22+,23-,24-,26-/m0/s1. The Kier molecular flexibility index (Phi) is 9.78. The zero-order valence-corrected chi connectivity index (χ0v) is 20.4. The first-order valence-corrected chi connectivity index (χ1v) is 11.7. The van der Waals surface area contributed by atoms with E-state index in [1.165, 1.54) is 0 Å². The van der Waals surface area contributed by atoms with E-state index in [4.69, 9.17) is 23.2 Å². The molecule has 0 aliphatic heterocycles. The molecule has 0 heterocycles. The third-order valence-electron chi connectivity index (χ3n) is 6.02. The van der Waals surface area contributed by atoms with Gasteiger partial charge in [-0.1, -0.05) is 67.4 Å². The molecule has 5 atom stereocenters. The minimum Gasteiger partial charge on any atom is -0.391 e. The fourth-order valence-corrected chi connectivity index (χ4v) is 4.35. The van der Waals surface area contributed by atoms with Crippen LogP contribution < -0.4 is 5.32 Å². The van der Waals surface area contributed by atoms with Crippen molar-refractivity contribution in [3.8, 4) is 0 Å². The smallest absolute Gasteiger partial charge is 0.226 e. The average molecular weight is 478 g/mol. The topological polar surface area (TPSA) is 69.6 Å². The second-order valence-corrected chi connectivity index (χ2v) is 9.52. The van der Waals surface area contributed by atoms with Crippen LogP contribution >= 0.6 is 23.2 Å². The summed E-state index contributed by atoms with van der Waals surface area (Å²) >= 11 is 12.3. The van der Waals surface area contributed by atoms with Gasteiger partial charge in [-0.05, 0) is 61.6 Å². The van der Waals surface area contributed by atoms with Crippen LogP contribution in [0.25, 0.3) is 0 Å². The predicted molar refractivity (Wildman–Crippen MR) is 132 cm³/mol. The van der Waals surface area contributed by atoms with Gasteiger partial charge in [-0.3, -0.25) is 4.79 Å². The summed E-state index contributed by atoms with van der Waals surface area (Å²) in [6.07, 6.45) is 1.55. The molecule has 6 heteroatoms. The molecule has 0 aliphatic carbocycles. The number of aliphatic hydroxyl groups excluding tert-OH is 2. The predicted octanol–water partition coefficient (Wildman–Crippen LogP) is 6.06. The van der Waals surface area contributed by atoms with Crippen molar-refractivity contribution in [2.75, 3.05) is 0 Å². The number of allylic oxidation sites excluding steroid dienone is 1. The molecule has 2 aromatic carbocycles. The second kappa shape index (κ2) is 11.9. The number of halogens is 2. The molecule has 2 aromatic rings. The van der Waals surface area contributed by atoms with Gasteiger partial charge in [0.05, 0.1) is 23.7 Å². The highest BCUT2D eigenvalue weighted by Gasteiger charge is 2.39. The molecule has 174 valence electrons. The highest BCUT2D eigenvalue weighted by Crippen LogP contribution is 2.43. The molecular formula is C26H33Cl2NO3. The number of nitrogens with one attached hydrogen (secondary N) is 1. The molecule has 0 spiro atoms. The van der Waals surface area contributed by atoms with Crippen molar-refractivity contribution in [3.63, 3.8) is 0 Å². The SMILES string of the molecule is C=CC[C@@](C)(C[C@H](c1cccc(Cl)c1)[C@@H](O)c1ccc(Cl)cc1)C(=O)N[C@@H](CC)[C@H](C)O. The Morgan fingerprint density at radius 2 is 1.78 bits per heavy atom. The summed E-state index contributed by atoms with van der Waals surface area (Å²) in [6, 6.07) is 14.0. The van der Waals surface area contributed by atoms with Crippen LogP contribution in [0.5, 0.6) is 0 Å². The van der Waals surface area contributed by atoms with Crippen molar-refractivity contribution < 1.29 is 15.0 Å². The molecule has 32 heavy (non-hydrogen) atoms. The Morgan fingerprint density at radius 3 is 2.31 bits per heavy atom. The number of carbonyl (C=O) groups is 1. The van der Waals surface area contributed by atoms with E-state index >= 15 is 0 Å². The zero-order valence-electron chi connectivity index (χ0n) is 18.9. The molecule has 4 nitrogen and oxygen atoms in total. The molecule has 0 radical (unpaired) electrons. The van der Waals surface area contributed by atoms with Crippen molar-refractivity contribution in [1.29, 1.82) is 0 Å². The van der Waals surface area contributed by atoms with Gasteiger partial charge >= 0.3 is 0 Å². The summed E-state index contributed by atoms with van der Waals surface area (Å²) in [5.41, 5.74) is 0.687. The number of amides is 1. The van der Waals surface area contributed by atoms with Gasteiger partial charge in [-0.2, -0.15) is 0 Å². The maximum absolute atomic E-state index is 13.4. The van der Waals surface area contributed by atoms with Gasteiger partial charge in [0, 0.05) is 16.0 Å². The summed E-state index contributed by atoms with van der Waals surface area (Å²) in [6.45, 7) is 9.29. The van der Waals surface area contributed by atoms with E-state index in [2.05, 4.69) is 11.9 Å². The number of hydrogen-bond acceptors (Lipinski definition) is 3. The largest absolute Gasteiger partial charge is 0.391 e. The Balaban J connectivity index is 2.44. The molecule has 0 aromatic heterocycles. The average Bonchev–Trinajstić information content (AvgIpc) is 2.75. The van der Waals surface area contributed by atoms with Crippen LogP contribution in [0.2, 0.25) is 10.0 Å². The highest BCUT2D eigenvalue weighted by molar-refractivity contribution is 6.30. The molecule has 2 rings (SSSR count). The summed E-state index contributed by atoms with van der Waals surface area (Å²) < 4.78 is 0. The number of benzene rings is 2. The first-order valence-electron chi connectivity index (χ1n) is 10.9. The second-order valence-electron chi connectivity index (χ2n) is 8.64. The lowest BCUT2D eigenvalue weighted by molar-refractivity contribution is -0.132. The molecule has 3 N–H and O–H groups in total. The van der Waals surface area contributed by atoms with Gasteiger partial charge in [-0.25, -0.2) is 0 Å². The van der Waals surface area contributed by atoms with E-state index in [1.54, 1.807) is 43.3 Å². The maximum Gasteiger partial charge on any atom is 0.226 e. The highest BCUT2D eigenvalue weighted by atomic mass is 35.5. The number of rotatable bonds is 11. The van der Waals surface area contributed by atoms with Gasteiger partial charge in [0.15, 0.2) is 0 Å². The van der Waals surface area contributed by atoms with Gasteiger partial charge in [-0.15, -0.1) is 6.58 Å². The van der Waals surface area contributed by atoms with Crippen LogP contribution in [-0.4, -0.2) is 28.3 Å². The normalized spacial score (nSPS) is 17.0. The quantitative estimate of drug-likeness (QED) is 0.344. The van der Waals surface area contributed by atoms with Gasteiger partial charge in [0.2, 0.25) is 5.91 Å². The Labute approximate surface area is 201 Å². The first kappa shape index (κ1) is 26.4. The fraction of sp³-hybridized carbons (Fsp3) is 0.423. The van der Waals surface area contributed by atoms with Crippen LogP contribution in [0.3, 0.4) is 0 Å². The molecule has 1 amide bonds. The minimum atomic E-state index is -0.874. The summed E-state index contributed by atoms with van der Waals surface area (Å²) in [5.74, 6) is -0.585. The first-order chi connectivity index (χ1) is 15.1. The van der Waals surface area contributed by atoms with Crippen molar-refractivity contribution in [2.45, 2.75) is 64.2 Å². The summed E-state index contributed by atoms with van der Waals surface area (Å²) in [5, 5.41) is 25.5. The summed E-state index contributed by atoms with van der Waals surface area (Å²) in [4.78, 5) is 13.4. The molecule has 0 unspecified atom stereocenters. The number of aliphatic hydroxyl groups is 2. The van der Waals surface area contributed by atoms with E-state index in [0.717, 1.165) is 5.56 Å². The lowest BCUT2D eigenvalue weighted by atomic mass is 9.72. The minimum absolute atomic E-state index is 0.180. The lowest BCUT2D eigenvalue weighted by Crippen LogP contribution is -2.48. The third kappa shape index (κ3) is 6.82. The fourth-order valence-electron chi connectivity index (χ4n) is 4.02.